The predicted molar refractivity (Wildman–Crippen MR) is 134 cm³/mol. The molecule has 0 unspecified atom stereocenters. The van der Waals surface area contributed by atoms with Crippen molar-refractivity contribution in [2.45, 2.75) is 37.8 Å². The van der Waals surface area contributed by atoms with Gasteiger partial charge in [-0.15, -0.1) is 0 Å². The molecule has 2 aliphatic rings. The van der Waals surface area contributed by atoms with Crippen LogP contribution in [-0.2, 0) is 16.7 Å². The van der Waals surface area contributed by atoms with Gasteiger partial charge in [-0.05, 0) is 66.8 Å². The number of nitrogens with one attached hydrogen (secondary N) is 1. The molecule has 1 aliphatic carbocycles. The number of benzene rings is 3. The highest BCUT2D eigenvalue weighted by molar-refractivity contribution is 6.30. The predicted octanol–water partition coefficient (Wildman–Crippen LogP) is 5.67. The molecule has 0 aromatic heterocycles. The lowest BCUT2D eigenvalue weighted by Crippen LogP contribution is -2.29. The standard InChI is InChI=1S/C28H27ClN2O3/c1-18(20-8-10-21(11-9-20)27(33)34-2)30-26(32)23-4-3-5-24-25(23)31(17-28(24)14-15-28)16-19-6-12-22(29)13-7-19/h3-13,18H,14-17H2,1-2H3,(H,30,32)/t18-/m0/s1. The normalized spacial score (nSPS) is 16.1. The molecule has 1 atom stereocenters. The van der Waals surface area contributed by atoms with Gasteiger partial charge < -0.3 is 15.0 Å². The number of hydrogen-bond acceptors (Lipinski definition) is 4. The second kappa shape index (κ2) is 8.80. The van der Waals surface area contributed by atoms with E-state index in [9.17, 15) is 9.59 Å². The molecular weight excluding hydrogens is 448 g/mol. The number of para-hydroxylation sites is 1. The fourth-order valence-electron chi connectivity index (χ4n) is 4.93. The zero-order chi connectivity index (χ0) is 23.9. The molecule has 1 saturated carbocycles. The van der Waals surface area contributed by atoms with Crippen molar-refractivity contribution >= 4 is 29.2 Å². The Morgan fingerprint density at radius 1 is 1.06 bits per heavy atom. The maximum absolute atomic E-state index is 13.5. The molecule has 1 N–H and O–H groups in total. The number of nitrogens with zero attached hydrogens (tertiary/aromatic N) is 1. The average Bonchev–Trinajstić information content (AvgIpc) is 3.57. The van der Waals surface area contributed by atoms with Gasteiger partial charge in [-0.2, -0.15) is 0 Å². The van der Waals surface area contributed by atoms with Crippen LogP contribution in [0, 0.1) is 0 Å². The SMILES string of the molecule is COC(=O)c1ccc([C@H](C)NC(=O)c2cccc3c2N(Cc2ccc(Cl)cc2)CC32CC2)cc1. The third-order valence-corrected chi connectivity index (χ3v) is 7.23. The molecule has 6 heteroatoms. The summed E-state index contributed by atoms with van der Waals surface area (Å²) in [6.45, 7) is 3.61. The molecule has 174 valence electrons. The van der Waals surface area contributed by atoms with Crippen LogP contribution in [-0.4, -0.2) is 25.5 Å². The molecule has 1 heterocycles. The van der Waals surface area contributed by atoms with E-state index < -0.39 is 0 Å². The highest BCUT2D eigenvalue weighted by Crippen LogP contribution is 2.57. The summed E-state index contributed by atoms with van der Waals surface area (Å²) in [7, 11) is 1.36. The summed E-state index contributed by atoms with van der Waals surface area (Å²) in [5.41, 5.74) is 5.77. The van der Waals surface area contributed by atoms with Crippen LogP contribution in [0.2, 0.25) is 5.02 Å². The third kappa shape index (κ3) is 4.16. The third-order valence-electron chi connectivity index (χ3n) is 6.98. The fraction of sp³-hybridized carbons (Fsp3) is 0.286. The molecule has 1 fully saturated rings. The Bertz CT molecular complexity index is 1230. The number of esters is 1. The number of rotatable bonds is 6. The van der Waals surface area contributed by atoms with Crippen molar-refractivity contribution < 1.29 is 14.3 Å². The van der Waals surface area contributed by atoms with Crippen LogP contribution in [0.4, 0.5) is 5.69 Å². The smallest absolute Gasteiger partial charge is 0.337 e. The minimum atomic E-state index is -0.377. The lowest BCUT2D eigenvalue weighted by atomic mass is 9.96. The number of carbonyl (C=O) groups is 2. The summed E-state index contributed by atoms with van der Waals surface area (Å²) < 4.78 is 4.76. The zero-order valence-corrected chi connectivity index (χ0v) is 20.1. The van der Waals surface area contributed by atoms with Crippen LogP contribution >= 0.6 is 11.6 Å². The van der Waals surface area contributed by atoms with Crippen LogP contribution in [0.3, 0.4) is 0 Å². The maximum Gasteiger partial charge on any atom is 0.337 e. The lowest BCUT2D eigenvalue weighted by Gasteiger charge is -2.23. The van der Waals surface area contributed by atoms with Gasteiger partial charge in [0.1, 0.15) is 0 Å². The summed E-state index contributed by atoms with van der Waals surface area (Å²) in [4.78, 5) is 27.5. The first kappa shape index (κ1) is 22.5. The van der Waals surface area contributed by atoms with Crippen molar-refractivity contribution in [2.24, 2.45) is 0 Å². The van der Waals surface area contributed by atoms with Gasteiger partial charge in [0.15, 0.2) is 0 Å². The Hall–Kier alpha value is -3.31. The van der Waals surface area contributed by atoms with Crippen molar-refractivity contribution in [3.05, 3.63) is 99.6 Å². The Labute approximate surface area is 204 Å². The van der Waals surface area contributed by atoms with Gasteiger partial charge in [0.05, 0.1) is 30.0 Å². The van der Waals surface area contributed by atoms with Gasteiger partial charge in [-0.1, -0.05) is 48.0 Å². The van der Waals surface area contributed by atoms with Gasteiger partial charge in [-0.25, -0.2) is 4.79 Å². The van der Waals surface area contributed by atoms with Crippen LogP contribution in [0.1, 0.15) is 63.2 Å². The number of carbonyl (C=O) groups excluding carboxylic acids is 2. The lowest BCUT2D eigenvalue weighted by molar-refractivity contribution is 0.0600. The van der Waals surface area contributed by atoms with E-state index in [1.807, 2.05) is 55.5 Å². The molecule has 1 spiro atoms. The first-order valence-corrected chi connectivity index (χ1v) is 11.9. The molecule has 1 aliphatic heterocycles. The van der Waals surface area contributed by atoms with E-state index in [1.54, 1.807) is 12.1 Å². The molecule has 34 heavy (non-hydrogen) atoms. The molecule has 5 nitrogen and oxygen atoms in total. The fourth-order valence-corrected chi connectivity index (χ4v) is 5.06. The Balaban J connectivity index is 1.39. The molecule has 0 saturated heterocycles. The highest BCUT2D eigenvalue weighted by atomic mass is 35.5. The maximum atomic E-state index is 13.5. The van der Waals surface area contributed by atoms with Crippen LogP contribution < -0.4 is 10.2 Å². The molecule has 3 aromatic rings. The number of amides is 1. The first-order valence-electron chi connectivity index (χ1n) is 11.5. The average molecular weight is 475 g/mol. The summed E-state index contributed by atoms with van der Waals surface area (Å²) in [5, 5.41) is 3.87. The van der Waals surface area contributed by atoms with Gasteiger partial charge in [0, 0.05) is 23.5 Å². The quantitative estimate of drug-likeness (QED) is 0.468. The van der Waals surface area contributed by atoms with Crippen molar-refractivity contribution in [2.75, 3.05) is 18.6 Å². The Morgan fingerprint density at radius 3 is 2.41 bits per heavy atom. The second-order valence-electron chi connectivity index (χ2n) is 9.27. The second-order valence-corrected chi connectivity index (χ2v) is 9.71. The van der Waals surface area contributed by atoms with Crippen LogP contribution in [0.15, 0.2) is 66.7 Å². The Morgan fingerprint density at radius 2 is 1.76 bits per heavy atom. The minimum Gasteiger partial charge on any atom is -0.465 e. The topological polar surface area (TPSA) is 58.6 Å². The monoisotopic (exact) mass is 474 g/mol. The zero-order valence-electron chi connectivity index (χ0n) is 19.3. The largest absolute Gasteiger partial charge is 0.465 e. The number of hydrogen-bond donors (Lipinski definition) is 1. The number of ether oxygens (including phenoxy) is 1. The first-order chi connectivity index (χ1) is 16.4. The van der Waals surface area contributed by atoms with Crippen LogP contribution in [0.5, 0.6) is 0 Å². The summed E-state index contributed by atoms with van der Waals surface area (Å²) >= 11 is 6.07. The van der Waals surface area contributed by atoms with E-state index in [-0.39, 0.29) is 23.3 Å². The minimum absolute atomic E-state index is 0.0970. The number of methoxy groups -OCH3 is 1. The van der Waals surface area contributed by atoms with Gasteiger partial charge in [0.2, 0.25) is 0 Å². The molecule has 1 amide bonds. The van der Waals surface area contributed by atoms with Crippen LogP contribution in [0.25, 0.3) is 0 Å². The molecule has 3 aromatic carbocycles. The van der Waals surface area contributed by atoms with Gasteiger partial charge in [-0.3, -0.25) is 4.79 Å². The summed E-state index contributed by atoms with van der Waals surface area (Å²) in [5.74, 6) is -0.474. The molecule has 0 radical (unpaired) electrons. The van der Waals surface area contributed by atoms with E-state index in [2.05, 4.69) is 16.3 Å². The number of anilines is 1. The molecule has 0 bridgehead atoms. The number of fused-ring (bicyclic) bond motifs is 2. The van der Waals surface area contributed by atoms with Gasteiger partial charge in [0.25, 0.3) is 5.91 Å². The van der Waals surface area contributed by atoms with E-state index in [1.165, 1.54) is 18.2 Å². The van der Waals surface area contributed by atoms with Crippen molar-refractivity contribution in [3.8, 4) is 0 Å². The summed E-state index contributed by atoms with van der Waals surface area (Å²) in [6, 6.07) is 20.9. The van der Waals surface area contributed by atoms with E-state index >= 15 is 0 Å². The van der Waals surface area contributed by atoms with Gasteiger partial charge >= 0.3 is 5.97 Å². The van der Waals surface area contributed by atoms with Crippen molar-refractivity contribution in [3.63, 3.8) is 0 Å². The van der Waals surface area contributed by atoms with E-state index in [4.69, 9.17) is 16.3 Å². The highest BCUT2D eigenvalue weighted by Gasteiger charge is 2.52. The summed E-state index contributed by atoms with van der Waals surface area (Å²) in [6.07, 6.45) is 2.32. The van der Waals surface area contributed by atoms with E-state index in [0.29, 0.717) is 11.1 Å². The number of halogens is 1. The molecular formula is C28H27ClN2O3. The van der Waals surface area contributed by atoms with Crippen molar-refractivity contribution in [1.82, 2.24) is 5.32 Å². The molecule has 5 rings (SSSR count). The Kier molecular flexibility index (Phi) is 5.82. The van der Waals surface area contributed by atoms with Crippen molar-refractivity contribution in [1.29, 1.82) is 0 Å². The van der Waals surface area contributed by atoms with E-state index in [0.717, 1.165) is 42.2 Å².